The molecule has 0 aromatic carbocycles. The summed E-state index contributed by atoms with van der Waals surface area (Å²) in [5, 5.41) is 16.0. The Hall–Kier alpha value is -2.31. The number of nitrogen functional groups attached to an aromatic ring is 1. The number of rotatable bonds is 4. The Labute approximate surface area is 104 Å². The van der Waals surface area contributed by atoms with Gasteiger partial charge < -0.3 is 11.1 Å². The van der Waals surface area contributed by atoms with E-state index in [-0.39, 0.29) is 17.5 Å². The molecule has 2 aromatic rings. The second-order valence-corrected chi connectivity index (χ2v) is 4.32. The average Bonchev–Trinajstić information content (AvgIpc) is 2.94. The second kappa shape index (κ2) is 4.91. The van der Waals surface area contributed by atoms with Crippen molar-refractivity contribution in [2.75, 3.05) is 5.73 Å². The molecule has 0 saturated carbocycles. The van der Waals surface area contributed by atoms with Crippen LogP contribution in [0, 0.1) is 0 Å². The number of aromatic amines is 2. The highest BCUT2D eigenvalue weighted by molar-refractivity contribution is 5.97. The Bertz CT molecular complexity index is 528. The van der Waals surface area contributed by atoms with E-state index in [0.29, 0.717) is 12.2 Å². The molecule has 2 rings (SSSR count). The van der Waals surface area contributed by atoms with Crippen LogP contribution in [0.4, 0.5) is 5.69 Å². The van der Waals surface area contributed by atoms with Gasteiger partial charge in [-0.1, -0.05) is 13.8 Å². The number of H-pyrrole nitrogens is 2. The molecule has 5 N–H and O–H groups in total. The molecular formula is C11H16N6O. The summed E-state index contributed by atoms with van der Waals surface area (Å²) in [5.74, 6) is -0.100. The maximum atomic E-state index is 11.9. The fourth-order valence-corrected chi connectivity index (χ4v) is 1.62. The van der Waals surface area contributed by atoms with Gasteiger partial charge in [0.25, 0.3) is 5.91 Å². The van der Waals surface area contributed by atoms with Crippen LogP contribution in [0.2, 0.25) is 0 Å². The zero-order chi connectivity index (χ0) is 13.1. The van der Waals surface area contributed by atoms with E-state index in [2.05, 4.69) is 25.7 Å². The number of nitrogens with zero attached hydrogens (tertiary/aromatic N) is 2. The van der Waals surface area contributed by atoms with Gasteiger partial charge in [0.15, 0.2) is 5.69 Å². The number of carbonyl (C=O) groups excluding carboxylic acids is 1. The highest BCUT2D eigenvalue weighted by Gasteiger charge is 2.18. The molecule has 0 aliphatic heterocycles. The van der Waals surface area contributed by atoms with E-state index in [1.807, 2.05) is 13.8 Å². The van der Waals surface area contributed by atoms with Gasteiger partial charge in [-0.3, -0.25) is 15.0 Å². The predicted molar refractivity (Wildman–Crippen MR) is 66.8 cm³/mol. The fourth-order valence-electron chi connectivity index (χ4n) is 1.62. The zero-order valence-electron chi connectivity index (χ0n) is 10.3. The van der Waals surface area contributed by atoms with Crippen LogP contribution in [0.1, 0.15) is 41.6 Å². The Balaban J connectivity index is 2.05. The van der Waals surface area contributed by atoms with Crippen molar-refractivity contribution in [3.8, 4) is 0 Å². The van der Waals surface area contributed by atoms with Gasteiger partial charge in [-0.05, 0) is 12.0 Å². The molecule has 0 aliphatic carbocycles. The minimum Gasteiger partial charge on any atom is -0.395 e. The molecule has 0 fully saturated rings. The van der Waals surface area contributed by atoms with Crippen LogP contribution in [-0.2, 0) is 6.54 Å². The van der Waals surface area contributed by atoms with Gasteiger partial charge in [0.05, 0.1) is 23.6 Å². The van der Waals surface area contributed by atoms with Gasteiger partial charge in [0.2, 0.25) is 0 Å². The lowest BCUT2D eigenvalue weighted by atomic mass is 10.1. The summed E-state index contributed by atoms with van der Waals surface area (Å²) in [4.78, 5) is 11.9. The van der Waals surface area contributed by atoms with Crippen molar-refractivity contribution in [3.05, 3.63) is 29.3 Å². The third-order valence-electron chi connectivity index (χ3n) is 2.62. The third kappa shape index (κ3) is 2.34. The van der Waals surface area contributed by atoms with Gasteiger partial charge in [0.1, 0.15) is 0 Å². The number of amides is 1. The van der Waals surface area contributed by atoms with Gasteiger partial charge in [-0.15, -0.1) is 0 Å². The minimum atomic E-state index is -0.301. The van der Waals surface area contributed by atoms with Crippen LogP contribution < -0.4 is 11.1 Å². The van der Waals surface area contributed by atoms with Crippen LogP contribution in [0.25, 0.3) is 0 Å². The number of aromatic nitrogens is 4. The zero-order valence-corrected chi connectivity index (χ0v) is 10.3. The SMILES string of the molecule is CC(C)c1[nH]nc(C(=O)NCc2ccn[nH]2)c1N. The minimum absolute atomic E-state index is 0.201. The Morgan fingerprint density at radius 1 is 1.50 bits per heavy atom. The quantitative estimate of drug-likeness (QED) is 0.640. The van der Waals surface area contributed by atoms with Gasteiger partial charge in [-0.2, -0.15) is 10.2 Å². The summed E-state index contributed by atoms with van der Waals surface area (Å²) in [7, 11) is 0. The van der Waals surface area contributed by atoms with Crippen LogP contribution in [0.15, 0.2) is 12.3 Å². The highest BCUT2D eigenvalue weighted by Crippen LogP contribution is 2.21. The number of hydrogen-bond acceptors (Lipinski definition) is 4. The van der Waals surface area contributed by atoms with Crippen molar-refractivity contribution in [2.24, 2.45) is 0 Å². The molecule has 0 spiro atoms. The van der Waals surface area contributed by atoms with E-state index < -0.39 is 0 Å². The molecule has 0 unspecified atom stereocenters. The lowest BCUT2D eigenvalue weighted by molar-refractivity contribution is 0.0946. The lowest BCUT2D eigenvalue weighted by Gasteiger charge is -2.03. The molecule has 0 atom stereocenters. The predicted octanol–water partition coefficient (Wildman–Crippen LogP) is 0.768. The monoisotopic (exact) mass is 248 g/mol. The molecule has 0 bridgehead atoms. The van der Waals surface area contributed by atoms with Crippen molar-refractivity contribution < 1.29 is 4.79 Å². The highest BCUT2D eigenvalue weighted by atomic mass is 16.1. The van der Waals surface area contributed by atoms with Crippen molar-refractivity contribution >= 4 is 11.6 Å². The molecule has 18 heavy (non-hydrogen) atoms. The van der Waals surface area contributed by atoms with Crippen LogP contribution >= 0.6 is 0 Å². The lowest BCUT2D eigenvalue weighted by Crippen LogP contribution is -2.24. The summed E-state index contributed by atoms with van der Waals surface area (Å²) < 4.78 is 0. The number of carbonyl (C=O) groups is 1. The summed E-state index contributed by atoms with van der Waals surface area (Å²) in [6.45, 7) is 4.33. The first-order chi connectivity index (χ1) is 8.59. The maximum Gasteiger partial charge on any atom is 0.274 e. The summed E-state index contributed by atoms with van der Waals surface area (Å²) in [6.07, 6.45) is 1.63. The van der Waals surface area contributed by atoms with E-state index in [1.165, 1.54) is 0 Å². The third-order valence-corrected chi connectivity index (χ3v) is 2.62. The first kappa shape index (κ1) is 12.2. The Kier molecular flexibility index (Phi) is 3.31. The van der Waals surface area contributed by atoms with Crippen molar-refractivity contribution in [1.29, 1.82) is 0 Å². The molecule has 96 valence electrons. The average molecular weight is 248 g/mol. The number of hydrogen-bond donors (Lipinski definition) is 4. The molecule has 7 nitrogen and oxygen atoms in total. The molecule has 0 saturated heterocycles. The first-order valence-corrected chi connectivity index (χ1v) is 5.69. The Morgan fingerprint density at radius 2 is 2.28 bits per heavy atom. The van der Waals surface area contributed by atoms with Crippen LogP contribution in [0.5, 0.6) is 0 Å². The number of nitrogens with two attached hydrogens (primary N) is 1. The maximum absolute atomic E-state index is 11.9. The Morgan fingerprint density at radius 3 is 2.83 bits per heavy atom. The van der Waals surface area contributed by atoms with Gasteiger partial charge in [-0.25, -0.2) is 0 Å². The summed E-state index contributed by atoms with van der Waals surface area (Å²) in [5.41, 5.74) is 8.12. The van der Waals surface area contributed by atoms with Crippen molar-refractivity contribution in [2.45, 2.75) is 26.3 Å². The first-order valence-electron chi connectivity index (χ1n) is 5.69. The van der Waals surface area contributed by atoms with Crippen LogP contribution in [-0.4, -0.2) is 26.3 Å². The topological polar surface area (TPSA) is 112 Å². The molecule has 0 radical (unpaired) electrons. The molecule has 2 heterocycles. The van der Waals surface area contributed by atoms with E-state index in [4.69, 9.17) is 5.73 Å². The molecule has 2 aromatic heterocycles. The van der Waals surface area contributed by atoms with Crippen molar-refractivity contribution in [3.63, 3.8) is 0 Å². The molecule has 1 amide bonds. The van der Waals surface area contributed by atoms with E-state index in [0.717, 1.165) is 11.4 Å². The fraction of sp³-hybridized carbons (Fsp3) is 0.364. The van der Waals surface area contributed by atoms with Gasteiger partial charge in [0, 0.05) is 6.20 Å². The van der Waals surface area contributed by atoms with E-state index in [1.54, 1.807) is 12.3 Å². The number of anilines is 1. The van der Waals surface area contributed by atoms with Gasteiger partial charge >= 0.3 is 0 Å². The van der Waals surface area contributed by atoms with E-state index >= 15 is 0 Å². The van der Waals surface area contributed by atoms with Crippen LogP contribution in [0.3, 0.4) is 0 Å². The van der Waals surface area contributed by atoms with Crippen molar-refractivity contribution in [1.82, 2.24) is 25.7 Å². The summed E-state index contributed by atoms with van der Waals surface area (Å²) in [6, 6.07) is 1.79. The second-order valence-electron chi connectivity index (χ2n) is 4.32. The standard InChI is InChI=1S/C11H16N6O/c1-6(2)9-8(12)10(17-16-9)11(18)13-5-7-3-4-14-15-7/h3-4,6H,5,12H2,1-2H3,(H,13,18)(H,14,15)(H,16,17). The van der Waals surface area contributed by atoms with E-state index in [9.17, 15) is 4.79 Å². The molecular weight excluding hydrogens is 232 g/mol. The largest absolute Gasteiger partial charge is 0.395 e. The molecule has 7 heteroatoms. The molecule has 0 aliphatic rings. The smallest absolute Gasteiger partial charge is 0.274 e. The normalized spacial score (nSPS) is 10.8. The number of nitrogens with one attached hydrogen (secondary N) is 3. The summed E-state index contributed by atoms with van der Waals surface area (Å²) >= 11 is 0.